The van der Waals surface area contributed by atoms with E-state index >= 15 is 0 Å². The lowest BCUT2D eigenvalue weighted by atomic mass is 10.0. The van der Waals surface area contributed by atoms with Gasteiger partial charge in [0.2, 0.25) is 5.91 Å². The van der Waals surface area contributed by atoms with Crippen molar-refractivity contribution in [3.8, 4) is 0 Å². The molecular weight excluding hydrogens is 162 g/mol. The van der Waals surface area contributed by atoms with Crippen LogP contribution in [0.5, 0.6) is 0 Å². The van der Waals surface area contributed by atoms with Crippen LogP contribution in [0, 0.1) is 5.92 Å². The summed E-state index contributed by atoms with van der Waals surface area (Å²) >= 11 is 0. The number of hydrogen-bond donors (Lipinski definition) is 1. The van der Waals surface area contributed by atoms with Gasteiger partial charge in [-0.15, -0.1) is 0 Å². The van der Waals surface area contributed by atoms with Crippen molar-refractivity contribution in [3.05, 3.63) is 41.8 Å². The molecule has 0 aliphatic heterocycles. The Bertz CT molecular complexity index is 269. The first-order chi connectivity index (χ1) is 6.20. The van der Waals surface area contributed by atoms with Gasteiger partial charge in [-0.3, -0.25) is 4.79 Å². The highest BCUT2D eigenvalue weighted by Crippen LogP contribution is 2.09. The molecule has 1 amide bonds. The molecule has 1 rings (SSSR count). The molecule has 13 heavy (non-hydrogen) atoms. The van der Waals surface area contributed by atoms with Crippen molar-refractivity contribution in [1.82, 2.24) is 0 Å². The van der Waals surface area contributed by atoms with Crippen LogP contribution in [0.3, 0.4) is 0 Å². The Morgan fingerprint density at radius 2 is 1.92 bits per heavy atom. The van der Waals surface area contributed by atoms with Crippen molar-refractivity contribution in [2.45, 2.75) is 19.8 Å². The Morgan fingerprint density at radius 1 is 1.31 bits per heavy atom. The standard InChI is InChI=1S/C11H14NO/c1-9(11(12)13)7-8-10-5-3-2-4-6-10/h2-6H,7-8H2,1H3,(H2,12,13). The van der Waals surface area contributed by atoms with Crippen LogP contribution >= 0.6 is 0 Å². The summed E-state index contributed by atoms with van der Waals surface area (Å²) in [6.45, 7) is 1.78. The summed E-state index contributed by atoms with van der Waals surface area (Å²) in [4.78, 5) is 10.7. The summed E-state index contributed by atoms with van der Waals surface area (Å²) in [5.41, 5.74) is 6.36. The predicted molar refractivity (Wildman–Crippen MR) is 52.9 cm³/mol. The van der Waals surface area contributed by atoms with E-state index < -0.39 is 0 Å². The highest BCUT2D eigenvalue weighted by molar-refractivity contribution is 5.87. The second kappa shape index (κ2) is 4.65. The van der Waals surface area contributed by atoms with Gasteiger partial charge in [0, 0.05) is 0 Å². The van der Waals surface area contributed by atoms with E-state index in [1.165, 1.54) is 5.56 Å². The molecule has 0 saturated carbocycles. The third-order valence-electron chi connectivity index (χ3n) is 2.05. The highest BCUT2D eigenvalue weighted by atomic mass is 16.1. The van der Waals surface area contributed by atoms with Crippen molar-refractivity contribution in [3.63, 3.8) is 0 Å². The van der Waals surface area contributed by atoms with Gasteiger partial charge in [-0.2, -0.15) is 0 Å². The average molecular weight is 176 g/mol. The maximum absolute atomic E-state index is 10.7. The summed E-state index contributed by atoms with van der Waals surface area (Å²) in [7, 11) is 0. The maximum Gasteiger partial charge on any atom is 0.224 e. The van der Waals surface area contributed by atoms with Crippen molar-refractivity contribution >= 4 is 5.91 Å². The largest absolute Gasteiger partial charge is 0.369 e. The third-order valence-corrected chi connectivity index (χ3v) is 2.05. The van der Waals surface area contributed by atoms with Crippen molar-refractivity contribution in [2.24, 2.45) is 5.73 Å². The predicted octanol–water partition coefficient (Wildman–Crippen LogP) is 1.70. The SMILES string of the molecule is C[C](CCc1ccccc1)C(N)=O. The van der Waals surface area contributed by atoms with Crippen LogP contribution in [0.25, 0.3) is 0 Å². The minimum absolute atomic E-state index is 0.295. The van der Waals surface area contributed by atoms with Crippen LogP contribution in [0.2, 0.25) is 0 Å². The topological polar surface area (TPSA) is 43.1 Å². The second-order valence-corrected chi connectivity index (χ2v) is 3.13. The molecule has 0 bridgehead atoms. The molecule has 2 heteroatoms. The van der Waals surface area contributed by atoms with Crippen LogP contribution in [0.15, 0.2) is 30.3 Å². The molecule has 0 aliphatic carbocycles. The van der Waals surface area contributed by atoms with Gasteiger partial charge < -0.3 is 5.73 Å². The number of primary amides is 1. The molecule has 2 nitrogen and oxygen atoms in total. The fourth-order valence-corrected chi connectivity index (χ4v) is 1.10. The van der Waals surface area contributed by atoms with Gasteiger partial charge in [0.15, 0.2) is 0 Å². The molecule has 0 fully saturated rings. The normalized spacial score (nSPS) is 10.3. The lowest BCUT2D eigenvalue weighted by Crippen LogP contribution is -2.19. The van der Waals surface area contributed by atoms with E-state index in [0.717, 1.165) is 18.8 Å². The Hall–Kier alpha value is -1.31. The number of amides is 1. The van der Waals surface area contributed by atoms with E-state index in [1.807, 2.05) is 30.3 Å². The monoisotopic (exact) mass is 176 g/mol. The number of aryl methyl sites for hydroxylation is 1. The molecule has 2 N–H and O–H groups in total. The molecule has 1 radical (unpaired) electrons. The minimum atomic E-state index is -0.295. The molecule has 0 unspecified atom stereocenters. The molecular formula is C11H14NO. The summed E-state index contributed by atoms with van der Waals surface area (Å²) in [6.07, 6.45) is 1.63. The zero-order valence-corrected chi connectivity index (χ0v) is 7.79. The summed E-state index contributed by atoms with van der Waals surface area (Å²) in [6, 6.07) is 10.1. The first kappa shape index (κ1) is 9.78. The molecule has 0 atom stereocenters. The van der Waals surface area contributed by atoms with Crippen LogP contribution < -0.4 is 5.73 Å². The Kier molecular flexibility index (Phi) is 3.50. The fourth-order valence-electron chi connectivity index (χ4n) is 1.10. The lowest BCUT2D eigenvalue weighted by Gasteiger charge is -2.05. The van der Waals surface area contributed by atoms with E-state index in [1.54, 1.807) is 6.92 Å². The van der Waals surface area contributed by atoms with Crippen LogP contribution in [-0.2, 0) is 11.2 Å². The zero-order chi connectivity index (χ0) is 9.68. The number of benzene rings is 1. The zero-order valence-electron chi connectivity index (χ0n) is 7.79. The lowest BCUT2D eigenvalue weighted by molar-refractivity contribution is -0.116. The fraction of sp³-hybridized carbons (Fsp3) is 0.273. The number of carbonyl (C=O) groups excluding carboxylic acids is 1. The molecule has 0 aliphatic rings. The minimum Gasteiger partial charge on any atom is -0.369 e. The van der Waals surface area contributed by atoms with E-state index in [9.17, 15) is 4.79 Å². The van der Waals surface area contributed by atoms with Crippen LogP contribution in [-0.4, -0.2) is 5.91 Å². The third kappa shape index (κ3) is 3.28. The molecule has 0 saturated heterocycles. The van der Waals surface area contributed by atoms with E-state index in [0.29, 0.717) is 0 Å². The number of hydrogen-bond acceptors (Lipinski definition) is 1. The van der Waals surface area contributed by atoms with Crippen molar-refractivity contribution < 1.29 is 4.79 Å². The van der Waals surface area contributed by atoms with Gasteiger partial charge >= 0.3 is 0 Å². The van der Waals surface area contributed by atoms with Gasteiger partial charge in [0.1, 0.15) is 0 Å². The molecule has 1 aromatic rings. The van der Waals surface area contributed by atoms with Crippen molar-refractivity contribution in [1.29, 1.82) is 0 Å². The molecule has 0 aromatic heterocycles. The first-order valence-corrected chi connectivity index (χ1v) is 4.36. The summed E-state index contributed by atoms with van der Waals surface area (Å²) in [5, 5.41) is 0. The van der Waals surface area contributed by atoms with Gasteiger partial charge in [-0.05, 0) is 25.3 Å². The summed E-state index contributed by atoms with van der Waals surface area (Å²) < 4.78 is 0. The molecule has 1 aromatic carbocycles. The Balaban J connectivity index is 2.39. The quantitative estimate of drug-likeness (QED) is 0.745. The van der Waals surface area contributed by atoms with Gasteiger partial charge in [-0.1, -0.05) is 30.3 Å². The smallest absolute Gasteiger partial charge is 0.224 e. The van der Waals surface area contributed by atoms with Gasteiger partial charge in [0.05, 0.1) is 5.92 Å². The van der Waals surface area contributed by atoms with Gasteiger partial charge in [-0.25, -0.2) is 0 Å². The van der Waals surface area contributed by atoms with Gasteiger partial charge in [0.25, 0.3) is 0 Å². The van der Waals surface area contributed by atoms with Crippen molar-refractivity contribution in [2.75, 3.05) is 0 Å². The molecule has 0 spiro atoms. The highest BCUT2D eigenvalue weighted by Gasteiger charge is 2.08. The molecule has 69 valence electrons. The van der Waals surface area contributed by atoms with Crippen LogP contribution in [0.1, 0.15) is 18.9 Å². The van der Waals surface area contributed by atoms with E-state index in [4.69, 9.17) is 5.73 Å². The number of rotatable bonds is 4. The number of carbonyl (C=O) groups is 1. The summed E-state index contributed by atoms with van der Waals surface area (Å²) in [5.74, 6) is 0.444. The van der Waals surface area contributed by atoms with E-state index in [2.05, 4.69) is 0 Å². The maximum atomic E-state index is 10.7. The average Bonchev–Trinajstić information content (AvgIpc) is 2.15. The Morgan fingerprint density at radius 3 is 2.46 bits per heavy atom. The second-order valence-electron chi connectivity index (χ2n) is 3.13. The molecule has 0 heterocycles. The number of nitrogens with two attached hydrogens (primary N) is 1. The van der Waals surface area contributed by atoms with Crippen LogP contribution in [0.4, 0.5) is 0 Å². The van der Waals surface area contributed by atoms with E-state index in [-0.39, 0.29) is 5.91 Å². The Labute approximate surface area is 78.8 Å². The first-order valence-electron chi connectivity index (χ1n) is 4.36.